The van der Waals surface area contributed by atoms with Crippen LogP contribution in [-0.4, -0.2) is 17.9 Å². The minimum atomic E-state index is -0.00139. The van der Waals surface area contributed by atoms with Gasteiger partial charge in [-0.1, -0.05) is 57.9 Å². The monoisotopic (exact) mass is 343 g/mol. The normalized spacial score (nSPS) is 10.8. The molecule has 0 aliphatic rings. The van der Waals surface area contributed by atoms with Crippen LogP contribution in [0.15, 0.2) is 59.1 Å². The summed E-state index contributed by atoms with van der Waals surface area (Å²) in [6, 6.07) is 16.1. The van der Waals surface area contributed by atoms with Gasteiger partial charge in [-0.3, -0.25) is 4.79 Å². The highest BCUT2D eigenvalue weighted by Gasteiger charge is 2.05. The standard InChI is InChI=1S/C18H18BrNO/c1-14-3-5-16(6-4-14)13-20(2)18(21)12-9-15-7-10-17(19)11-8-15/h3-12H,13H2,1-2H3/b12-9+. The van der Waals surface area contributed by atoms with Crippen LogP contribution >= 0.6 is 15.9 Å². The molecule has 0 unspecified atom stereocenters. The van der Waals surface area contributed by atoms with Crippen molar-refractivity contribution in [1.29, 1.82) is 0 Å². The molecule has 0 spiro atoms. The second-order valence-electron chi connectivity index (χ2n) is 5.06. The van der Waals surface area contributed by atoms with Crippen molar-refractivity contribution in [3.8, 4) is 0 Å². The van der Waals surface area contributed by atoms with Crippen LogP contribution in [0.5, 0.6) is 0 Å². The molecule has 2 nitrogen and oxygen atoms in total. The number of benzene rings is 2. The minimum Gasteiger partial charge on any atom is -0.338 e. The number of carbonyl (C=O) groups is 1. The Morgan fingerprint density at radius 1 is 1.10 bits per heavy atom. The Kier molecular flexibility index (Phi) is 5.34. The van der Waals surface area contributed by atoms with Crippen molar-refractivity contribution >= 4 is 27.9 Å². The van der Waals surface area contributed by atoms with Gasteiger partial charge in [0.2, 0.25) is 5.91 Å². The van der Waals surface area contributed by atoms with E-state index in [0.29, 0.717) is 6.54 Å². The number of amides is 1. The fourth-order valence-electron chi connectivity index (χ4n) is 1.91. The molecule has 0 bridgehead atoms. The maximum absolute atomic E-state index is 12.1. The van der Waals surface area contributed by atoms with Gasteiger partial charge in [-0.05, 0) is 36.3 Å². The molecule has 2 rings (SSSR count). The van der Waals surface area contributed by atoms with Gasteiger partial charge in [-0.15, -0.1) is 0 Å². The first kappa shape index (κ1) is 15.5. The molecule has 2 aromatic carbocycles. The summed E-state index contributed by atoms with van der Waals surface area (Å²) in [7, 11) is 1.81. The van der Waals surface area contributed by atoms with E-state index in [1.165, 1.54) is 5.56 Å². The first-order chi connectivity index (χ1) is 10.0. The lowest BCUT2D eigenvalue weighted by Gasteiger charge is -2.15. The van der Waals surface area contributed by atoms with Gasteiger partial charge in [0.1, 0.15) is 0 Å². The zero-order chi connectivity index (χ0) is 15.2. The third-order valence-corrected chi connectivity index (χ3v) is 3.73. The predicted octanol–water partition coefficient (Wildman–Crippen LogP) is 4.43. The van der Waals surface area contributed by atoms with Crippen LogP contribution in [0, 0.1) is 6.92 Å². The van der Waals surface area contributed by atoms with Crippen LogP contribution in [-0.2, 0) is 11.3 Å². The van der Waals surface area contributed by atoms with E-state index in [2.05, 4.69) is 47.1 Å². The van der Waals surface area contributed by atoms with Gasteiger partial charge in [0.15, 0.2) is 0 Å². The fraction of sp³-hybridized carbons (Fsp3) is 0.167. The highest BCUT2D eigenvalue weighted by Crippen LogP contribution is 2.12. The van der Waals surface area contributed by atoms with Crippen molar-refractivity contribution in [1.82, 2.24) is 4.90 Å². The summed E-state index contributed by atoms with van der Waals surface area (Å²) in [6.45, 7) is 2.67. The lowest BCUT2D eigenvalue weighted by molar-refractivity contribution is -0.125. The molecule has 0 saturated heterocycles. The zero-order valence-electron chi connectivity index (χ0n) is 12.2. The van der Waals surface area contributed by atoms with E-state index in [-0.39, 0.29) is 5.91 Å². The number of likely N-dealkylation sites (N-methyl/N-ethyl adjacent to an activating group) is 1. The highest BCUT2D eigenvalue weighted by atomic mass is 79.9. The molecular weight excluding hydrogens is 326 g/mol. The first-order valence-corrected chi connectivity index (χ1v) is 7.58. The van der Waals surface area contributed by atoms with E-state index >= 15 is 0 Å². The zero-order valence-corrected chi connectivity index (χ0v) is 13.8. The second kappa shape index (κ2) is 7.23. The fourth-order valence-corrected chi connectivity index (χ4v) is 2.18. The number of aryl methyl sites for hydroxylation is 1. The third-order valence-electron chi connectivity index (χ3n) is 3.20. The minimum absolute atomic E-state index is 0.00139. The lowest BCUT2D eigenvalue weighted by Crippen LogP contribution is -2.24. The summed E-state index contributed by atoms with van der Waals surface area (Å²) in [6.07, 6.45) is 3.44. The van der Waals surface area contributed by atoms with Crippen molar-refractivity contribution in [3.05, 3.63) is 75.8 Å². The van der Waals surface area contributed by atoms with Crippen molar-refractivity contribution in [2.75, 3.05) is 7.05 Å². The van der Waals surface area contributed by atoms with Gasteiger partial charge < -0.3 is 4.90 Å². The Hall–Kier alpha value is -1.87. The molecule has 0 fully saturated rings. The number of halogens is 1. The third kappa shape index (κ3) is 4.87. The Morgan fingerprint density at radius 2 is 1.71 bits per heavy atom. The highest BCUT2D eigenvalue weighted by molar-refractivity contribution is 9.10. The average molecular weight is 344 g/mol. The van der Waals surface area contributed by atoms with Crippen LogP contribution in [0.3, 0.4) is 0 Å². The number of hydrogen-bond acceptors (Lipinski definition) is 1. The van der Waals surface area contributed by atoms with Crippen LogP contribution in [0.25, 0.3) is 6.08 Å². The van der Waals surface area contributed by atoms with Crippen LogP contribution in [0.4, 0.5) is 0 Å². The van der Waals surface area contributed by atoms with E-state index in [1.807, 2.05) is 37.4 Å². The van der Waals surface area contributed by atoms with Crippen LogP contribution < -0.4 is 0 Å². The van der Waals surface area contributed by atoms with Gasteiger partial charge in [-0.25, -0.2) is 0 Å². The molecule has 21 heavy (non-hydrogen) atoms. The van der Waals surface area contributed by atoms with Gasteiger partial charge in [-0.2, -0.15) is 0 Å². The predicted molar refractivity (Wildman–Crippen MR) is 90.8 cm³/mol. The van der Waals surface area contributed by atoms with Crippen molar-refractivity contribution in [2.24, 2.45) is 0 Å². The second-order valence-corrected chi connectivity index (χ2v) is 5.98. The SMILES string of the molecule is Cc1ccc(CN(C)C(=O)/C=C/c2ccc(Br)cc2)cc1. The smallest absolute Gasteiger partial charge is 0.246 e. The summed E-state index contributed by atoms with van der Waals surface area (Å²) >= 11 is 3.39. The Bertz CT molecular complexity index is 629. The number of nitrogens with zero attached hydrogens (tertiary/aromatic N) is 1. The van der Waals surface area contributed by atoms with Crippen LogP contribution in [0.1, 0.15) is 16.7 Å². The Labute approximate surface area is 134 Å². The maximum atomic E-state index is 12.1. The molecule has 0 heterocycles. The van der Waals surface area contributed by atoms with E-state index in [1.54, 1.807) is 11.0 Å². The molecule has 0 radical (unpaired) electrons. The molecule has 1 amide bonds. The molecule has 0 aromatic heterocycles. The summed E-state index contributed by atoms with van der Waals surface area (Å²) in [5, 5.41) is 0. The van der Waals surface area contributed by atoms with E-state index < -0.39 is 0 Å². The van der Waals surface area contributed by atoms with Gasteiger partial charge >= 0.3 is 0 Å². The first-order valence-electron chi connectivity index (χ1n) is 6.79. The molecule has 2 aromatic rings. The van der Waals surface area contributed by atoms with E-state index in [0.717, 1.165) is 15.6 Å². The summed E-state index contributed by atoms with van der Waals surface area (Å²) in [4.78, 5) is 13.8. The Morgan fingerprint density at radius 3 is 2.33 bits per heavy atom. The van der Waals surface area contributed by atoms with E-state index in [4.69, 9.17) is 0 Å². The summed E-state index contributed by atoms with van der Waals surface area (Å²) < 4.78 is 1.03. The molecule has 0 aliphatic carbocycles. The number of carbonyl (C=O) groups excluding carboxylic acids is 1. The maximum Gasteiger partial charge on any atom is 0.246 e. The Balaban J connectivity index is 1.96. The average Bonchev–Trinajstić information content (AvgIpc) is 2.48. The molecule has 108 valence electrons. The van der Waals surface area contributed by atoms with Gasteiger partial charge in [0, 0.05) is 24.1 Å². The summed E-state index contributed by atoms with van der Waals surface area (Å²) in [5.74, 6) is -0.00139. The van der Waals surface area contributed by atoms with Gasteiger partial charge in [0.25, 0.3) is 0 Å². The number of hydrogen-bond donors (Lipinski definition) is 0. The van der Waals surface area contributed by atoms with Crippen molar-refractivity contribution in [2.45, 2.75) is 13.5 Å². The molecule has 0 saturated carbocycles. The van der Waals surface area contributed by atoms with E-state index in [9.17, 15) is 4.79 Å². The van der Waals surface area contributed by atoms with Crippen molar-refractivity contribution < 1.29 is 4.79 Å². The largest absolute Gasteiger partial charge is 0.338 e. The van der Waals surface area contributed by atoms with Crippen molar-refractivity contribution in [3.63, 3.8) is 0 Å². The number of rotatable bonds is 4. The molecular formula is C18H18BrNO. The summed E-state index contributed by atoms with van der Waals surface area (Å²) in [5.41, 5.74) is 3.37. The van der Waals surface area contributed by atoms with Gasteiger partial charge in [0.05, 0.1) is 0 Å². The molecule has 0 N–H and O–H groups in total. The molecule has 0 aliphatic heterocycles. The molecule has 3 heteroatoms. The quantitative estimate of drug-likeness (QED) is 0.752. The topological polar surface area (TPSA) is 20.3 Å². The lowest BCUT2D eigenvalue weighted by atomic mass is 10.1. The molecule has 0 atom stereocenters. The van der Waals surface area contributed by atoms with Crippen LogP contribution in [0.2, 0.25) is 0 Å².